The number of rotatable bonds is 3. The molecule has 21 heavy (non-hydrogen) atoms. The second-order valence-electron chi connectivity index (χ2n) is 4.99. The minimum absolute atomic E-state index is 0.180. The third-order valence-electron chi connectivity index (χ3n) is 3.57. The minimum atomic E-state index is -1.37. The standard InChI is InChI=1S/C14H15NO5S/c1-15-11(21(2)20)7-6-8(14(15)19)13(18)12-9(16)4-3-5-10(12)17/h6-7,12H,3-5H2,1-2H3. The first kappa shape index (κ1) is 15.5. The van der Waals surface area contributed by atoms with E-state index in [4.69, 9.17) is 0 Å². The molecule has 0 aliphatic heterocycles. The van der Waals surface area contributed by atoms with Gasteiger partial charge in [-0.05, 0) is 18.6 Å². The Morgan fingerprint density at radius 1 is 1.19 bits per heavy atom. The van der Waals surface area contributed by atoms with Crippen LogP contribution in [0.4, 0.5) is 0 Å². The SMILES string of the molecule is Cn1c(S(C)=O)ccc(C(=O)C2C(=O)CCCC2=O)c1=O. The van der Waals surface area contributed by atoms with Gasteiger partial charge >= 0.3 is 0 Å². The summed E-state index contributed by atoms with van der Waals surface area (Å²) in [5, 5.41) is 0.276. The van der Waals surface area contributed by atoms with E-state index in [1.165, 1.54) is 25.4 Å². The number of aromatic nitrogens is 1. The molecule has 1 saturated carbocycles. The van der Waals surface area contributed by atoms with Crippen molar-refractivity contribution in [3.8, 4) is 0 Å². The number of hydrogen-bond donors (Lipinski definition) is 0. The lowest BCUT2D eigenvalue weighted by atomic mass is 9.82. The van der Waals surface area contributed by atoms with Crippen LogP contribution in [0.3, 0.4) is 0 Å². The normalized spacial score (nSPS) is 17.8. The van der Waals surface area contributed by atoms with Gasteiger partial charge in [0.2, 0.25) is 0 Å². The highest BCUT2D eigenvalue weighted by atomic mass is 32.2. The molecule has 1 unspecified atom stereocenters. The van der Waals surface area contributed by atoms with Gasteiger partial charge in [-0.15, -0.1) is 0 Å². The van der Waals surface area contributed by atoms with E-state index < -0.39 is 39.6 Å². The number of nitrogens with zero attached hydrogens (tertiary/aromatic N) is 1. The molecule has 1 aromatic heterocycles. The molecular weight excluding hydrogens is 294 g/mol. The van der Waals surface area contributed by atoms with E-state index >= 15 is 0 Å². The second kappa shape index (κ2) is 5.85. The lowest BCUT2D eigenvalue weighted by molar-refractivity contribution is -0.133. The summed E-state index contributed by atoms with van der Waals surface area (Å²) >= 11 is 0. The molecule has 0 saturated heterocycles. The van der Waals surface area contributed by atoms with Crippen LogP contribution in [0.2, 0.25) is 0 Å². The zero-order chi connectivity index (χ0) is 15.7. The minimum Gasteiger partial charge on any atom is -0.304 e. The highest BCUT2D eigenvalue weighted by Crippen LogP contribution is 2.20. The van der Waals surface area contributed by atoms with E-state index in [0.717, 1.165) is 4.57 Å². The predicted octanol–water partition coefficient (Wildman–Crippen LogP) is 0.244. The van der Waals surface area contributed by atoms with Crippen LogP contribution in [0.1, 0.15) is 29.6 Å². The molecule has 1 fully saturated rings. The summed E-state index contributed by atoms with van der Waals surface area (Å²) in [6.07, 6.45) is 2.23. The maximum absolute atomic E-state index is 12.3. The molecule has 7 heteroatoms. The van der Waals surface area contributed by atoms with E-state index in [9.17, 15) is 23.4 Å². The van der Waals surface area contributed by atoms with Gasteiger partial charge in [-0.2, -0.15) is 0 Å². The van der Waals surface area contributed by atoms with Crippen LogP contribution in [0.15, 0.2) is 22.0 Å². The number of carbonyl (C=O) groups excluding carboxylic acids is 3. The second-order valence-corrected chi connectivity index (χ2v) is 6.31. The van der Waals surface area contributed by atoms with Crippen molar-refractivity contribution in [2.45, 2.75) is 24.3 Å². The summed E-state index contributed by atoms with van der Waals surface area (Å²) in [6, 6.07) is 2.65. The Bertz CT molecular complexity index is 703. The van der Waals surface area contributed by atoms with Gasteiger partial charge in [0.1, 0.15) is 10.9 Å². The van der Waals surface area contributed by atoms with E-state index in [-0.39, 0.29) is 23.4 Å². The molecule has 0 aromatic carbocycles. The number of carbonyl (C=O) groups is 3. The Morgan fingerprint density at radius 3 is 2.29 bits per heavy atom. The van der Waals surface area contributed by atoms with Gasteiger partial charge in [0.05, 0.1) is 16.4 Å². The fraction of sp³-hybridized carbons (Fsp3) is 0.429. The lowest BCUT2D eigenvalue weighted by Crippen LogP contribution is -2.38. The van der Waals surface area contributed by atoms with Crippen LogP contribution in [0.5, 0.6) is 0 Å². The van der Waals surface area contributed by atoms with Crippen LogP contribution >= 0.6 is 0 Å². The molecule has 112 valence electrons. The van der Waals surface area contributed by atoms with Gasteiger partial charge in [0.25, 0.3) is 5.56 Å². The summed E-state index contributed by atoms with van der Waals surface area (Å²) in [5.74, 6) is -2.97. The van der Waals surface area contributed by atoms with Gasteiger partial charge in [-0.3, -0.25) is 23.4 Å². The van der Waals surface area contributed by atoms with Crippen molar-refractivity contribution >= 4 is 28.1 Å². The van der Waals surface area contributed by atoms with Crippen LogP contribution < -0.4 is 5.56 Å². The van der Waals surface area contributed by atoms with Gasteiger partial charge < -0.3 is 4.57 Å². The van der Waals surface area contributed by atoms with Gasteiger partial charge in [-0.25, -0.2) is 0 Å². The maximum atomic E-state index is 12.3. The number of pyridine rings is 1. The largest absolute Gasteiger partial charge is 0.304 e. The first-order chi connectivity index (χ1) is 9.84. The molecule has 1 aromatic rings. The predicted molar refractivity (Wildman–Crippen MR) is 75.7 cm³/mol. The number of ketones is 3. The molecule has 0 spiro atoms. The fourth-order valence-corrected chi connectivity index (χ4v) is 3.18. The van der Waals surface area contributed by atoms with Crippen molar-refractivity contribution < 1.29 is 18.6 Å². The third kappa shape index (κ3) is 2.78. The van der Waals surface area contributed by atoms with E-state index in [1.807, 2.05) is 0 Å². The summed E-state index contributed by atoms with van der Waals surface area (Å²) < 4.78 is 12.6. The highest BCUT2D eigenvalue weighted by molar-refractivity contribution is 7.84. The van der Waals surface area contributed by atoms with Crippen molar-refractivity contribution in [1.29, 1.82) is 0 Å². The molecule has 1 atom stereocenters. The molecular formula is C14H15NO5S. The third-order valence-corrected chi connectivity index (χ3v) is 4.57. The summed E-state index contributed by atoms with van der Waals surface area (Å²) in [4.78, 5) is 48.1. The zero-order valence-electron chi connectivity index (χ0n) is 11.8. The molecule has 0 amide bonds. The average Bonchev–Trinajstić information content (AvgIpc) is 2.41. The highest BCUT2D eigenvalue weighted by Gasteiger charge is 2.37. The van der Waals surface area contributed by atoms with Crippen molar-refractivity contribution in [3.05, 3.63) is 28.0 Å². The fourth-order valence-electron chi connectivity index (χ4n) is 2.45. The van der Waals surface area contributed by atoms with Crippen molar-refractivity contribution in [3.63, 3.8) is 0 Å². The zero-order valence-corrected chi connectivity index (χ0v) is 12.6. The Labute approximate surface area is 123 Å². The Hall–Kier alpha value is -1.89. The van der Waals surface area contributed by atoms with Crippen LogP contribution in [0, 0.1) is 5.92 Å². The average molecular weight is 309 g/mol. The molecule has 0 radical (unpaired) electrons. The maximum Gasteiger partial charge on any atom is 0.262 e. The Kier molecular flexibility index (Phi) is 4.32. The summed E-state index contributed by atoms with van der Waals surface area (Å²) in [6.45, 7) is 0. The van der Waals surface area contributed by atoms with Crippen LogP contribution in [-0.2, 0) is 27.4 Å². The monoisotopic (exact) mass is 309 g/mol. The molecule has 6 nitrogen and oxygen atoms in total. The molecule has 1 heterocycles. The summed E-state index contributed by atoms with van der Waals surface area (Å²) in [5.41, 5.74) is -0.848. The van der Waals surface area contributed by atoms with Crippen molar-refractivity contribution in [2.24, 2.45) is 13.0 Å². The lowest BCUT2D eigenvalue weighted by Gasteiger charge is -2.18. The van der Waals surface area contributed by atoms with Crippen LogP contribution in [0.25, 0.3) is 0 Å². The molecule has 0 bridgehead atoms. The van der Waals surface area contributed by atoms with Gasteiger partial charge in [-0.1, -0.05) is 0 Å². The summed E-state index contributed by atoms with van der Waals surface area (Å²) in [7, 11) is 0.0299. The van der Waals surface area contributed by atoms with Gasteiger partial charge in [0, 0.05) is 26.1 Å². The van der Waals surface area contributed by atoms with Crippen LogP contribution in [-0.4, -0.2) is 32.4 Å². The Balaban J connectivity index is 2.47. The molecule has 2 rings (SSSR count). The number of hydrogen-bond acceptors (Lipinski definition) is 5. The smallest absolute Gasteiger partial charge is 0.262 e. The quantitative estimate of drug-likeness (QED) is 0.589. The topological polar surface area (TPSA) is 90.3 Å². The number of Topliss-reactive ketones (excluding diaryl/α,β-unsaturated/α-hetero) is 3. The van der Waals surface area contributed by atoms with Crippen molar-refractivity contribution in [1.82, 2.24) is 4.57 Å². The van der Waals surface area contributed by atoms with Gasteiger partial charge in [0.15, 0.2) is 17.3 Å². The molecule has 1 aliphatic rings. The molecule has 1 aliphatic carbocycles. The first-order valence-electron chi connectivity index (χ1n) is 6.47. The molecule has 0 N–H and O–H groups in total. The van der Waals surface area contributed by atoms with E-state index in [2.05, 4.69) is 0 Å². The van der Waals surface area contributed by atoms with E-state index in [0.29, 0.717) is 6.42 Å². The van der Waals surface area contributed by atoms with E-state index in [1.54, 1.807) is 0 Å². The Morgan fingerprint density at radius 2 is 1.76 bits per heavy atom. The van der Waals surface area contributed by atoms with Crippen molar-refractivity contribution in [2.75, 3.05) is 6.26 Å². The first-order valence-corrected chi connectivity index (χ1v) is 8.03.